The molecule has 1 aliphatic carbocycles. The van der Waals surface area contributed by atoms with E-state index in [0.29, 0.717) is 6.04 Å². The molecule has 2 N–H and O–H groups in total. The Hall–Kier alpha value is -1.77. The fraction of sp³-hybridized carbons (Fsp3) is 0.500. The van der Waals surface area contributed by atoms with Crippen LogP contribution in [0.5, 0.6) is 0 Å². The van der Waals surface area contributed by atoms with E-state index in [1.807, 2.05) is 7.05 Å². The number of nitrogens with one attached hydrogen (secondary N) is 2. The van der Waals surface area contributed by atoms with Gasteiger partial charge in [0.1, 0.15) is 0 Å². The highest BCUT2D eigenvalue weighted by Crippen LogP contribution is 2.16. The molecule has 1 aromatic rings. The average Bonchev–Trinajstić information content (AvgIpc) is 2.93. The van der Waals surface area contributed by atoms with E-state index in [2.05, 4.69) is 60.7 Å². The zero-order valence-corrected chi connectivity index (χ0v) is 13.7. The topological polar surface area (TPSA) is 36.4 Å². The third kappa shape index (κ3) is 4.35. The van der Waals surface area contributed by atoms with Crippen LogP contribution in [0.4, 0.5) is 0 Å². The second kappa shape index (κ2) is 7.30. The fourth-order valence-electron chi connectivity index (χ4n) is 3.03. The van der Waals surface area contributed by atoms with Crippen molar-refractivity contribution in [3.05, 3.63) is 46.5 Å². The molecule has 0 atom stereocenters. The van der Waals surface area contributed by atoms with Crippen molar-refractivity contribution in [2.45, 2.75) is 46.1 Å². The Morgan fingerprint density at radius 1 is 1.14 bits per heavy atom. The van der Waals surface area contributed by atoms with Crippen molar-refractivity contribution in [1.82, 2.24) is 10.6 Å². The summed E-state index contributed by atoms with van der Waals surface area (Å²) in [5.74, 6) is 0.908. The zero-order valence-electron chi connectivity index (χ0n) is 13.7. The first-order chi connectivity index (χ1) is 10.1. The van der Waals surface area contributed by atoms with E-state index >= 15 is 0 Å². The van der Waals surface area contributed by atoms with Crippen molar-refractivity contribution < 1.29 is 0 Å². The fourth-order valence-corrected chi connectivity index (χ4v) is 3.03. The maximum absolute atomic E-state index is 4.31. The second-order valence-corrected chi connectivity index (χ2v) is 5.91. The Bertz CT molecular complexity index is 512. The molecule has 0 radical (unpaired) electrons. The van der Waals surface area contributed by atoms with Gasteiger partial charge in [0.25, 0.3) is 0 Å². The lowest BCUT2D eigenvalue weighted by molar-refractivity contribution is 0.632. The van der Waals surface area contributed by atoms with Crippen LogP contribution in [0.2, 0.25) is 0 Å². The molecule has 0 amide bonds. The van der Waals surface area contributed by atoms with E-state index in [1.54, 1.807) is 0 Å². The molecule has 0 saturated carbocycles. The summed E-state index contributed by atoms with van der Waals surface area (Å²) in [5.41, 5.74) is 5.56. The van der Waals surface area contributed by atoms with E-state index in [0.717, 1.165) is 31.8 Å². The van der Waals surface area contributed by atoms with Gasteiger partial charge in [0.15, 0.2) is 5.96 Å². The number of hydrogen-bond donors (Lipinski definition) is 2. The molecular weight excluding hydrogens is 258 g/mol. The van der Waals surface area contributed by atoms with Crippen LogP contribution in [0.25, 0.3) is 0 Å². The van der Waals surface area contributed by atoms with Gasteiger partial charge >= 0.3 is 0 Å². The van der Waals surface area contributed by atoms with Crippen molar-refractivity contribution in [2.24, 2.45) is 4.99 Å². The first-order valence-corrected chi connectivity index (χ1v) is 7.79. The van der Waals surface area contributed by atoms with E-state index in [4.69, 9.17) is 0 Å². The molecule has 0 aromatic heterocycles. The molecule has 0 bridgehead atoms. The summed E-state index contributed by atoms with van der Waals surface area (Å²) < 4.78 is 0. The highest BCUT2D eigenvalue weighted by molar-refractivity contribution is 5.80. The number of guanidine groups is 1. The van der Waals surface area contributed by atoms with Crippen LogP contribution in [-0.2, 0) is 6.42 Å². The number of aliphatic imine (C=N–C) groups is 1. The van der Waals surface area contributed by atoms with Crippen LogP contribution in [0.1, 0.15) is 35.1 Å². The average molecular weight is 285 g/mol. The SMILES string of the molecule is CN=C(NCCc1c(C)cc(C)cc1C)NC1CC=CC1. The molecule has 0 saturated heterocycles. The van der Waals surface area contributed by atoms with Gasteiger partial charge in [0.2, 0.25) is 0 Å². The largest absolute Gasteiger partial charge is 0.356 e. The third-order valence-corrected chi connectivity index (χ3v) is 4.08. The number of hydrogen-bond acceptors (Lipinski definition) is 1. The monoisotopic (exact) mass is 285 g/mol. The molecule has 2 rings (SSSR count). The lowest BCUT2D eigenvalue weighted by atomic mass is 9.97. The summed E-state index contributed by atoms with van der Waals surface area (Å²) in [6.45, 7) is 7.47. The summed E-state index contributed by atoms with van der Waals surface area (Å²) in [7, 11) is 1.83. The Morgan fingerprint density at radius 3 is 2.33 bits per heavy atom. The van der Waals surface area contributed by atoms with Crippen molar-refractivity contribution in [3.8, 4) is 0 Å². The normalized spacial score (nSPS) is 15.5. The van der Waals surface area contributed by atoms with Crippen molar-refractivity contribution >= 4 is 5.96 Å². The number of rotatable bonds is 4. The number of aryl methyl sites for hydroxylation is 3. The smallest absolute Gasteiger partial charge is 0.191 e. The molecule has 1 aliphatic rings. The lowest BCUT2D eigenvalue weighted by Gasteiger charge is -2.18. The minimum atomic E-state index is 0.499. The van der Waals surface area contributed by atoms with Gasteiger partial charge in [-0.2, -0.15) is 0 Å². The predicted molar refractivity (Wildman–Crippen MR) is 91.0 cm³/mol. The van der Waals surface area contributed by atoms with E-state index in [1.165, 1.54) is 22.3 Å². The number of benzene rings is 1. The summed E-state index contributed by atoms with van der Waals surface area (Å²) in [4.78, 5) is 4.31. The van der Waals surface area contributed by atoms with Gasteiger partial charge in [-0.15, -0.1) is 0 Å². The van der Waals surface area contributed by atoms with Gasteiger partial charge in [-0.3, -0.25) is 4.99 Å². The molecule has 0 unspecified atom stereocenters. The highest BCUT2D eigenvalue weighted by atomic mass is 15.2. The molecule has 114 valence electrons. The minimum absolute atomic E-state index is 0.499. The number of nitrogens with zero attached hydrogens (tertiary/aromatic N) is 1. The molecule has 3 heteroatoms. The van der Waals surface area contributed by atoms with Crippen molar-refractivity contribution in [2.75, 3.05) is 13.6 Å². The van der Waals surface area contributed by atoms with Gasteiger partial charge in [-0.1, -0.05) is 29.8 Å². The van der Waals surface area contributed by atoms with Gasteiger partial charge in [-0.05, 0) is 56.7 Å². The van der Waals surface area contributed by atoms with Crippen LogP contribution >= 0.6 is 0 Å². The summed E-state index contributed by atoms with van der Waals surface area (Å²) in [6, 6.07) is 5.03. The molecule has 0 fully saturated rings. The maximum Gasteiger partial charge on any atom is 0.191 e. The van der Waals surface area contributed by atoms with Crippen molar-refractivity contribution in [1.29, 1.82) is 0 Å². The quantitative estimate of drug-likeness (QED) is 0.507. The first kappa shape index (κ1) is 15.6. The second-order valence-electron chi connectivity index (χ2n) is 5.91. The maximum atomic E-state index is 4.31. The zero-order chi connectivity index (χ0) is 15.2. The Balaban J connectivity index is 1.85. The van der Waals surface area contributed by atoms with E-state index in [9.17, 15) is 0 Å². The minimum Gasteiger partial charge on any atom is -0.356 e. The molecular formula is C18H27N3. The van der Waals surface area contributed by atoms with Gasteiger partial charge in [0, 0.05) is 19.6 Å². The van der Waals surface area contributed by atoms with E-state index < -0.39 is 0 Å². The van der Waals surface area contributed by atoms with Crippen molar-refractivity contribution in [3.63, 3.8) is 0 Å². The highest BCUT2D eigenvalue weighted by Gasteiger charge is 2.11. The van der Waals surface area contributed by atoms with Crippen LogP contribution in [0, 0.1) is 20.8 Å². The predicted octanol–water partition coefficient (Wildman–Crippen LogP) is 3.04. The van der Waals surface area contributed by atoms with Gasteiger partial charge in [-0.25, -0.2) is 0 Å². The molecule has 0 heterocycles. The van der Waals surface area contributed by atoms with Crippen LogP contribution in [0.15, 0.2) is 29.3 Å². The standard InChI is InChI=1S/C18H27N3/c1-13-11-14(2)17(15(3)12-13)9-10-20-18(19-4)21-16-7-5-6-8-16/h5-6,11-12,16H,7-10H2,1-4H3,(H2,19,20,21). The summed E-state index contributed by atoms with van der Waals surface area (Å²) in [6.07, 6.45) is 7.67. The molecule has 1 aromatic carbocycles. The summed E-state index contributed by atoms with van der Waals surface area (Å²) in [5, 5.41) is 6.89. The molecule has 0 spiro atoms. The Morgan fingerprint density at radius 2 is 1.76 bits per heavy atom. The Labute approximate surface area is 128 Å². The van der Waals surface area contributed by atoms with E-state index in [-0.39, 0.29) is 0 Å². The summed E-state index contributed by atoms with van der Waals surface area (Å²) >= 11 is 0. The molecule has 3 nitrogen and oxygen atoms in total. The van der Waals surface area contributed by atoms with Gasteiger partial charge in [0.05, 0.1) is 0 Å². The third-order valence-electron chi connectivity index (χ3n) is 4.08. The lowest BCUT2D eigenvalue weighted by Crippen LogP contribution is -2.43. The van der Waals surface area contributed by atoms with Crippen LogP contribution in [0.3, 0.4) is 0 Å². The van der Waals surface area contributed by atoms with Gasteiger partial charge < -0.3 is 10.6 Å². The Kier molecular flexibility index (Phi) is 5.43. The molecule has 21 heavy (non-hydrogen) atoms. The van der Waals surface area contributed by atoms with Crippen LogP contribution in [-0.4, -0.2) is 25.6 Å². The van der Waals surface area contributed by atoms with Crippen LogP contribution < -0.4 is 10.6 Å². The first-order valence-electron chi connectivity index (χ1n) is 7.79. The molecule has 0 aliphatic heterocycles.